The lowest BCUT2D eigenvalue weighted by atomic mass is 9.73. The number of carbonyl (C=O) groups is 2. The van der Waals surface area contributed by atoms with Crippen LogP contribution in [0.4, 0.5) is 5.69 Å². The highest BCUT2D eigenvalue weighted by Crippen LogP contribution is 2.40. The number of hydrogen-bond acceptors (Lipinski definition) is 4. The van der Waals surface area contributed by atoms with Crippen LogP contribution in [0.2, 0.25) is 0 Å². The summed E-state index contributed by atoms with van der Waals surface area (Å²) in [6, 6.07) is 7.50. The molecule has 2 heterocycles. The Balaban J connectivity index is 1.39. The minimum Gasteiger partial charge on any atom is -0.383 e. The van der Waals surface area contributed by atoms with Gasteiger partial charge < -0.3 is 20.1 Å². The zero-order valence-corrected chi connectivity index (χ0v) is 14.6. The normalized spacial score (nSPS) is 18.3. The SMILES string of the molecule is O=C(c1ccc(NCCn2ccnc2)cc1)N1CCNC(=O)C12CCC2. The van der Waals surface area contributed by atoms with E-state index >= 15 is 0 Å². The molecular formula is C19H23N5O2. The summed E-state index contributed by atoms with van der Waals surface area (Å²) in [5.74, 6) is -0.0503. The predicted octanol–water partition coefficient (Wildman–Crippen LogP) is 1.49. The maximum Gasteiger partial charge on any atom is 0.254 e. The number of rotatable bonds is 5. The van der Waals surface area contributed by atoms with Gasteiger partial charge in [-0.15, -0.1) is 0 Å². The van der Waals surface area contributed by atoms with Crippen LogP contribution in [-0.4, -0.2) is 51.4 Å². The first-order chi connectivity index (χ1) is 12.7. The molecule has 1 aliphatic carbocycles. The standard InChI is InChI=1S/C19H23N5O2/c25-17(24-13-10-22-18(26)19(24)6-1-7-19)15-2-4-16(5-3-15)21-9-12-23-11-8-20-14-23/h2-5,8,11,14,21H,1,6-7,9-10,12-13H2,(H,22,26). The first kappa shape index (κ1) is 16.6. The number of hydrogen-bond donors (Lipinski definition) is 2. The lowest BCUT2D eigenvalue weighted by molar-refractivity contribution is -0.141. The average molecular weight is 353 g/mol. The van der Waals surface area contributed by atoms with E-state index in [0.29, 0.717) is 18.7 Å². The monoisotopic (exact) mass is 353 g/mol. The van der Waals surface area contributed by atoms with Gasteiger partial charge in [-0.1, -0.05) is 0 Å². The molecule has 2 aromatic rings. The fourth-order valence-corrected chi connectivity index (χ4v) is 3.72. The summed E-state index contributed by atoms with van der Waals surface area (Å²) < 4.78 is 2.00. The van der Waals surface area contributed by atoms with Crippen molar-refractivity contribution in [3.63, 3.8) is 0 Å². The van der Waals surface area contributed by atoms with Crippen LogP contribution in [-0.2, 0) is 11.3 Å². The number of benzene rings is 1. The summed E-state index contributed by atoms with van der Waals surface area (Å²) in [6.07, 6.45) is 7.99. The van der Waals surface area contributed by atoms with Gasteiger partial charge in [0.05, 0.1) is 6.33 Å². The molecule has 2 N–H and O–H groups in total. The molecule has 7 nitrogen and oxygen atoms in total. The Kier molecular flexibility index (Phi) is 4.36. The maximum atomic E-state index is 12.9. The van der Waals surface area contributed by atoms with Gasteiger partial charge in [0.25, 0.3) is 5.91 Å². The number of aromatic nitrogens is 2. The number of carbonyl (C=O) groups excluding carboxylic acids is 2. The van der Waals surface area contributed by atoms with Crippen molar-refractivity contribution in [3.05, 3.63) is 48.5 Å². The highest BCUT2D eigenvalue weighted by molar-refractivity contribution is 6.00. The zero-order chi connectivity index (χ0) is 18.0. The van der Waals surface area contributed by atoms with Crippen molar-refractivity contribution in [3.8, 4) is 0 Å². The lowest BCUT2D eigenvalue weighted by Gasteiger charge is -2.51. The molecule has 2 amide bonds. The van der Waals surface area contributed by atoms with E-state index < -0.39 is 5.54 Å². The van der Waals surface area contributed by atoms with Crippen LogP contribution in [0.25, 0.3) is 0 Å². The Morgan fingerprint density at radius 1 is 1.27 bits per heavy atom. The Labute approximate surface area is 152 Å². The molecule has 1 aliphatic heterocycles. The summed E-state index contributed by atoms with van der Waals surface area (Å²) in [5, 5.41) is 6.24. The lowest BCUT2D eigenvalue weighted by Crippen LogP contribution is -2.69. The van der Waals surface area contributed by atoms with E-state index in [1.165, 1.54) is 0 Å². The molecule has 1 saturated carbocycles. The fraction of sp³-hybridized carbons (Fsp3) is 0.421. The highest BCUT2D eigenvalue weighted by atomic mass is 16.2. The maximum absolute atomic E-state index is 12.9. The molecule has 0 unspecified atom stereocenters. The van der Waals surface area contributed by atoms with E-state index in [-0.39, 0.29) is 11.8 Å². The summed E-state index contributed by atoms with van der Waals surface area (Å²) in [7, 11) is 0. The van der Waals surface area contributed by atoms with Crippen LogP contribution >= 0.6 is 0 Å². The fourth-order valence-electron chi connectivity index (χ4n) is 3.72. The van der Waals surface area contributed by atoms with Gasteiger partial charge in [-0.05, 0) is 43.5 Å². The van der Waals surface area contributed by atoms with Crippen molar-refractivity contribution >= 4 is 17.5 Å². The molecule has 26 heavy (non-hydrogen) atoms. The quantitative estimate of drug-likeness (QED) is 0.854. The minimum atomic E-state index is -0.614. The molecule has 4 rings (SSSR count). The second kappa shape index (κ2) is 6.82. The van der Waals surface area contributed by atoms with Gasteiger partial charge in [0.1, 0.15) is 5.54 Å². The third-order valence-corrected chi connectivity index (χ3v) is 5.38. The third kappa shape index (κ3) is 2.94. The van der Waals surface area contributed by atoms with Gasteiger partial charge in [0.2, 0.25) is 5.91 Å². The molecule has 0 bridgehead atoms. The first-order valence-electron chi connectivity index (χ1n) is 9.09. The average Bonchev–Trinajstić information content (AvgIpc) is 3.13. The van der Waals surface area contributed by atoms with Gasteiger partial charge in [0, 0.05) is 49.8 Å². The molecule has 2 aliphatic rings. The minimum absolute atomic E-state index is 0.00105. The summed E-state index contributed by atoms with van der Waals surface area (Å²) in [6.45, 7) is 2.71. The molecule has 0 radical (unpaired) electrons. The Morgan fingerprint density at radius 3 is 2.73 bits per heavy atom. The van der Waals surface area contributed by atoms with E-state index in [9.17, 15) is 9.59 Å². The van der Waals surface area contributed by atoms with Crippen molar-refractivity contribution < 1.29 is 9.59 Å². The van der Waals surface area contributed by atoms with Gasteiger partial charge in [0.15, 0.2) is 0 Å². The molecule has 0 atom stereocenters. The van der Waals surface area contributed by atoms with Gasteiger partial charge in [-0.3, -0.25) is 9.59 Å². The van der Waals surface area contributed by atoms with Crippen LogP contribution in [0.15, 0.2) is 43.0 Å². The van der Waals surface area contributed by atoms with Crippen LogP contribution in [0.5, 0.6) is 0 Å². The van der Waals surface area contributed by atoms with Crippen LogP contribution < -0.4 is 10.6 Å². The third-order valence-electron chi connectivity index (χ3n) is 5.38. The number of amides is 2. The number of imidazole rings is 1. The largest absolute Gasteiger partial charge is 0.383 e. The molecule has 136 valence electrons. The van der Waals surface area contributed by atoms with Crippen molar-refractivity contribution in [2.75, 3.05) is 25.0 Å². The predicted molar refractivity (Wildman–Crippen MR) is 97.8 cm³/mol. The second-order valence-electron chi connectivity index (χ2n) is 6.90. The van der Waals surface area contributed by atoms with Crippen LogP contribution in [0.3, 0.4) is 0 Å². The van der Waals surface area contributed by atoms with E-state index in [1.807, 2.05) is 35.0 Å². The highest BCUT2D eigenvalue weighted by Gasteiger charge is 2.52. The molecular weight excluding hydrogens is 330 g/mol. The molecule has 2 fully saturated rings. The van der Waals surface area contributed by atoms with Crippen LogP contribution in [0.1, 0.15) is 29.6 Å². The number of piperazine rings is 1. The van der Waals surface area contributed by atoms with Gasteiger partial charge in [-0.25, -0.2) is 4.98 Å². The number of anilines is 1. The Hall–Kier alpha value is -2.83. The molecule has 1 saturated heterocycles. The smallest absolute Gasteiger partial charge is 0.254 e. The van der Waals surface area contributed by atoms with E-state index in [2.05, 4.69) is 15.6 Å². The molecule has 1 spiro atoms. The number of nitrogens with one attached hydrogen (secondary N) is 2. The van der Waals surface area contributed by atoms with Gasteiger partial charge in [-0.2, -0.15) is 0 Å². The van der Waals surface area contributed by atoms with Crippen molar-refractivity contribution in [1.29, 1.82) is 0 Å². The summed E-state index contributed by atoms with van der Waals surface area (Å²) >= 11 is 0. The van der Waals surface area contributed by atoms with Crippen LogP contribution in [0, 0.1) is 0 Å². The zero-order valence-electron chi connectivity index (χ0n) is 14.6. The summed E-state index contributed by atoms with van der Waals surface area (Å²) in [5.41, 5.74) is 0.986. The van der Waals surface area contributed by atoms with Crippen molar-refractivity contribution in [1.82, 2.24) is 19.8 Å². The van der Waals surface area contributed by atoms with E-state index in [4.69, 9.17) is 0 Å². The molecule has 7 heteroatoms. The number of nitrogens with zero attached hydrogens (tertiary/aromatic N) is 3. The second-order valence-corrected chi connectivity index (χ2v) is 6.90. The molecule has 1 aromatic carbocycles. The Morgan fingerprint density at radius 2 is 2.08 bits per heavy atom. The summed E-state index contributed by atoms with van der Waals surface area (Å²) in [4.78, 5) is 31.0. The van der Waals surface area contributed by atoms with E-state index in [1.54, 1.807) is 17.4 Å². The molecule has 1 aromatic heterocycles. The topological polar surface area (TPSA) is 79.3 Å². The first-order valence-corrected chi connectivity index (χ1v) is 9.09. The Bertz CT molecular complexity index is 781. The van der Waals surface area contributed by atoms with Crippen molar-refractivity contribution in [2.45, 2.75) is 31.3 Å². The van der Waals surface area contributed by atoms with Crippen molar-refractivity contribution in [2.24, 2.45) is 0 Å². The van der Waals surface area contributed by atoms with Gasteiger partial charge >= 0.3 is 0 Å². The van der Waals surface area contributed by atoms with E-state index in [0.717, 1.165) is 38.0 Å².